The fraction of sp³-hybridized carbons (Fsp3) is 0.462. The van der Waals surface area contributed by atoms with Crippen LogP contribution in [0.1, 0.15) is 24.2 Å². The van der Waals surface area contributed by atoms with E-state index < -0.39 is 6.10 Å². The minimum absolute atomic E-state index is 0.0558. The smallest absolute Gasteiger partial charge is 0.239 e. The Morgan fingerprint density at radius 3 is 2.83 bits per heavy atom. The number of aliphatic hydroxyl groups excluding tert-OH is 1. The minimum Gasteiger partial charge on any atom is -0.389 e. The van der Waals surface area contributed by atoms with E-state index >= 15 is 0 Å². The number of piperazine rings is 1. The second kappa shape index (κ2) is 4.94. The van der Waals surface area contributed by atoms with Crippen molar-refractivity contribution in [1.29, 1.82) is 0 Å². The van der Waals surface area contributed by atoms with Gasteiger partial charge in [0.05, 0.1) is 12.6 Å². The van der Waals surface area contributed by atoms with E-state index in [2.05, 4.69) is 5.32 Å². The molecular weight excluding hydrogens is 235 g/mol. The van der Waals surface area contributed by atoms with E-state index in [9.17, 15) is 14.3 Å². The minimum atomic E-state index is -0.764. The van der Waals surface area contributed by atoms with Crippen molar-refractivity contribution in [2.24, 2.45) is 0 Å². The normalized spacial score (nSPS) is 17.6. The number of nitrogens with zero attached hydrogens (tertiary/aromatic N) is 1. The van der Waals surface area contributed by atoms with Gasteiger partial charge in [0, 0.05) is 24.3 Å². The van der Waals surface area contributed by atoms with Gasteiger partial charge in [0.15, 0.2) is 0 Å². The van der Waals surface area contributed by atoms with E-state index in [1.54, 1.807) is 19.9 Å². The van der Waals surface area contributed by atoms with Crippen molar-refractivity contribution in [3.8, 4) is 0 Å². The standard InChI is InChI=1S/C13H17FN2O2/c1-8-5-12(10(9(2)17)6-11(8)14)16-4-3-15-13(18)7-16/h5-6,9,17H,3-4,7H2,1-2H3,(H,15,18)/t9-/m0/s1. The summed E-state index contributed by atoms with van der Waals surface area (Å²) in [7, 11) is 0. The molecule has 0 bridgehead atoms. The number of hydrogen-bond donors (Lipinski definition) is 2. The van der Waals surface area contributed by atoms with Gasteiger partial charge in [0.25, 0.3) is 0 Å². The van der Waals surface area contributed by atoms with Crippen LogP contribution in [0.2, 0.25) is 0 Å². The molecule has 1 fully saturated rings. The molecule has 18 heavy (non-hydrogen) atoms. The van der Waals surface area contributed by atoms with Crippen molar-refractivity contribution < 1.29 is 14.3 Å². The maximum Gasteiger partial charge on any atom is 0.239 e. The maximum atomic E-state index is 13.6. The highest BCUT2D eigenvalue weighted by Crippen LogP contribution is 2.29. The summed E-state index contributed by atoms with van der Waals surface area (Å²) in [5.41, 5.74) is 1.77. The summed E-state index contributed by atoms with van der Waals surface area (Å²) in [5, 5.41) is 12.5. The fourth-order valence-corrected chi connectivity index (χ4v) is 2.13. The number of carbonyl (C=O) groups excluding carboxylic acids is 1. The molecular formula is C13H17FN2O2. The van der Waals surface area contributed by atoms with Gasteiger partial charge in [0.2, 0.25) is 5.91 Å². The number of aliphatic hydroxyl groups is 1. The molecule has 1 aliphatic rings. The molecule has 2 rings (SSSR count). The second-order valence-electron chi connectivity index (χ2n) is 4.61. The number of rotatable bonds is 2. The number of amides is 1. The summed E-state index contributed by atoms with van der Waals surface area (Å²) >= 11 is 0. The molecule has 0 radical (unpaired) electrons. The molecule has 98 valence electrons. The molecule has 1 aliphatic heterocycles. The predicted octanol–water partition coefficient (Wildman–Crippen LogP) is 1.12. The third kappa shape index (κ3) is 2.46. The Labute approximate surface area is 105 Å². The molecule has 1 amide bonds. The number of nitrogens with one attached hydrogen (secondary N) is 1. The number of hydrogen-bond acceptors (Lipinski definition) is 3. The van der Waals surface area contributed by atoms with Crippen molar-refractivity contribution in [1.82, 2.24) is 5.32 Å². The molecule has 0 saturated carbocycles. The van der Waals surface area contributed by atoms with Crippen molar-refractivity contribution >= 4 is 11.6 Å². The summed E-state index contributed by atoms with van der Waals surface area (Å²) in [6.07, 6.45) is -0.764. The number of aryl methyl sites for hydroxylation is 1. The van der Waals surface area contributed by atoms with Gasteiger partial charge in [-0.25, -0.2) is 4.39 Å². The average Bonchev–Trinajstić information content (AvgIpc) is 2.31. The third-order valence-electron chi connectivity index (χ3n) is 3.14. The first-order valence-corrected chi connectivity index (χ1v) is 5.99. The van der Waals surface area contributed by atoms with Crippen LogP contribution in [0, 0.1) is 12.7 Å². The lowest BCUT2D eigenvalue weighted by Gasteiger charge is -2.31. The van der Waals surface area contributed by atoms with Crippen LogP contribution in [0.15, 0.2) is 12.1 Å². The van der Waals surface area contributed by atoms with Crippen LogP contribution in [-0.4, -0.2) is 30.6 Å². The van der Waals surface area contributed by atoms with Crippen molar-refractivity contribution in [3.63, 3.8) is 0 Å². The number of benzene rings is 1. The van der Waals surface area contributed by atoms with Crippen molar-refractivity contribution in [2.75, 3.05) is 24.5 Å². The summed E-state index contributed by atoms with van der Waals surface area (Å²) in [5.74, 6) is -0.393. The van der Waals surface area contributed by atoms with Gasteiger partial charge < -0.3 is 15.3 Å². The second-order valence-corrected chi connectivity index (χ2v) is 4.61. The molecule has 1 atom stereocenters. The SMILES string of the molecule is Cc1cc(N2CCNC(=O)C2)c([C@H](C)O)cc1F. The van der Waals surface area contributed by atoms with Crippen LogP contribution in [0.3, 0.4) is 0 Å². The van der Waals surface area contributed by atoms with Crippen LogP contribution in [0.25, 0.3) is 0 Å². The molecule has 4 nitrogen and oxygen atoms in total. The zero-order chi connectivity index (χ0) is 13.3. The number of halogens is 1. The first kappa shape index (κ1) is 12.8. The van der Waals surface area contributed by atoms with Gasteiger partial charge in [-0.2, -0.15) is 0 Å². The molecule has 0 unspecified atom stereocenters. The molecule has 1 aromatic rings. The molecule has 5 heteroatoms. The number of carbonyl (C=O) groups is 1. The van der Waals surface area contributed by atoms with E-state index in [0.717, 1.165) is 5.69 Å². The van der Waals surface area contributed by atoms with Crippen LogP contribution in [0.5, 0.6) is 0 Å². The Bertz CT molecular complexity index is 474. The Kier molecular flexibility index (Phi) is 3.52. The Morgan fingerprint density at radius 1 is 1.50 bits per heavy atom. The summed E-state index contributed by atoms with van der Waals surface area (Å²) in [6, 6.07) is 3.04. The van der Waals surface area contributed by atoms with Crippen LogP contribution in [0.4, 0.5) is 10.1 Å². The predicted molar refractivity (Wildman–Crippen MR) is 67.0 cm³/mol. The lowest BCUT2D eigenvalue weighted by molar-refractivity contribution is -0.120. The van der Waals surface area contributed by atoms with E-state index in [-0.39, 0.29) is 18.3 Å². The quantitative estimate of drug-likeness (QED) is 0.829. The zero-order valence-electron chi connectivity index (χ0n) is 10.5. The maximum absolute atomic E-state index is 13.6. The van der Waals surface area contributed by atoms with Gasteiger partial charge in [-0.3, -0.25) is 4.79 Å². The highest BCUT2D eigenvalue weighted by molar-refractivity contribution is 5.83. The Balaban J connectivity index is 2.41. The van der Waals surface area contributed by atoms with E-state index in [0.29, 0.717) is 24.2 Å². The van der Waals surface area contributed by atoms with Crippen molar-refractivity contribution in [2.45, 2.75) is 20.0 Å². The van der Waals surface area contributed by atoms with Crippen LogP contribution >= 0.6 is 0 Å². The van der Waals surface area contributed by atoms with Crippen molar-refractivity contribution in [3.05, 3.63) is 29.1 Å². The monoisotopic (exact) mass is 252 g/mol. The van der Waals surface area contributed by atoms with E-state index in [1.165, 1.54) is 6.07 Å². The Hall–Kier alpha value is -1.62. The summed E-state index contributed by atoms with van der Waals surface area (Å²) in [4.78, 5) is 13.3. The first-order chi connectivity index (χ1) is 8.49. The Morgan fingerprint density at radius 2 is 2.22 bits per heavy atom. The zero-order valence-corrected chi connectivity index (χ0v) is 10.5. The fourth-order valence-electron chi connectivity index (χ4n) is 2.13. The number of anilines is 1. The van der Waals surface area contributed by atoms with Crippen LogP contribution < -0.4 is 10.2 Å². The van der Waals surface area contributed by atoms with Gasteiger partial charge in [-0.1, -0.05) is 0 Å². The lowest BCUT2D eigenvalue weighted by atomic mass is 10.0. The van der Waals surface area contributed by atoms with Crippen LogP contribution in [-0.2, 0) is 4.79 Å². The molecule has 0 spiro atoms. The highest BCUT2D eigenvalue weighted by atomic mass is 19.1. The van der Waals surface area contributed by atoms with Gasteiger partial charge >= 0.3 is 0 Å². The van der Waals surface area contributed by atoms with Gasteiger partial charge in [-0.15, -0.1) is 0 Å². The third-order valence-corrected chi connectivity index (χ3v) is 3.14. The molecule has 1 heterocycles. The lowest BCUT2D eigenvalue weighted by Crippen LogP contribution is -2.48. The molecule has 0 aromatic heterocycles. The molecule has 0 aliphatic carbocycles. The molecule has 1 saturated heterocycles. The molecule has 2 N–H and O–H groups in total. The van der Waals surface area contributed by atoms with E-state index in [1.807, 2.05) is 4.90 Å². The highest BCUT2D eigenvalue weighted by Gasteiger charge is 2.21. The summed E-state index contributed by atoms with van der Waals surface area (Å²) in [6.45, 7) is 4.74. The molecule has 1 aromatic carbocycles. The average molecular weight is 252 g/mol. The first-order valence-electron chi connectivity index (χ1n) is 5.99. The van der Waals surface area contributed by atoms with E-state index in [4.69, 9.17) is 0 Å². The summed E-state index contributed by atoms with van der Waals surface area (Å²) < 4.78 is 13.6. The van der Waals surface area contributed by atoms with Gasteiger partial charge in [-0.05, 0) is 31.5 Å². The van der Waals surface area contributed by atoms with Gasteiger partial charge in [0.1, 0.15) is 5.82 Å². The largest absolute Gasteiger partial charge is 0.389 e. The topological polar surface area (TPSA) is 52.6 Å².